The van der Waals surface area contributed by atoms with Gasteiger partial charge in [0.25, 0.3) is 0 Å². The van der Waals surface area contributed by atoms with Gasteiger partial charge >= 0.3 is 0 Å². The Kier molecular flexibility index (Phi) is 5.83. The number of nitrogens with zero attached hydrogens (tertiary/aromatic N) is 4. The quantitative estimate of drug-likeness (QED) is 0.415. The maximum Gasteiger partial charge on any atom is 0.145 e. The first-order valence-electron chi connectivity index (χ1n) is 9.79. The summed E-state index contributed by atoms with van der Waals surface area (Å²) in [6.07, 6.45) is 1.58. The molecule has 0 saturated heterocycles. The molecule has 0 saturated carbocycles. The number of pyridine rings is 1. The molecule has 6 nitrogen and oxygen atoms in total. The number of aromatic nitrogens is 3. The molecule has 1 N–H and O–H groups in total. The molecule has 0 aliphatic carbocycles. The number of benzene rings is 2. The highest BCUT2D eigenvalue weighted by Crippen LogP contribution is 2.35. The Hall–Kier alpha value is -2.77. The fraction of sp³-hybridized carbons (Fsp3) is 0.261. The standard InChI is InChI=1S/C23H24BrN5O/c1-14-5-6-16-9-18(7-8-19(16)27-14)28-23-22-20(25-13-26-23)10-17(24)11-21(22)30-15(2)12-29(3)4/h5-11,13,15H,12H2,1-4H3,(H,25,26,28)/t15-/m1/s1. The van der Waals surface area contributed by atoms with Crippen molar-refractivity contribution in [1.29, 1.82) is 0 Å². The molecule has 7 heteroatoms. The minimum atomic E-state index is 0.0144. The molecule has 1 atom stereocenters. The Morgan fingerprint density at radius 1 is 1.07 bits per heavy atom. The van der Waals surface area contributed by atoms with Crippen molar-refractivity contribution in [1.82, 2.24) is 19.9 Å². The molecule has 0 spiro atoms. The second kappa shape index (κ2) is 8.53. The molecule has 2 aromatic heterocycles. The summed E-state index contributed by atoms with van der Waals surface area (Å²) in [5.41, 5.74) is 3.72. The number of hydrogen-bond acceptors (Lipinski definition) is 6. The van der Waals surface area contributed by atoms with Gasteiger partial charge in [-0.25, -0.2) is 9.97 Å². The van der Waals surface area contributed by atoms with Crippen LogP contribution in [0.2, 0.25) is 0 Å². The van der Waals surface area contributed by atoms with E-state index >= 15 is 0 Å². The summed E-state index contributed by atoms with van der Waals surface area (Å²) < 4.78 is 7.19. The van der Waals surface area contributed by atoms with E-state index < -0.39 is 0 Å². The number of anilines is 2. The Balaban J connectivity index is 1.74. The van der Waals surface area contributed by atoms with Gasteiger partial charge in [0, 0.05) is 27.8 Å². The lowest BCUT2D eigenvalue weighted by Crippen LogP contribution is -2.28. The predicted molar refractivity (Wildman–Crippen MR) is 126 cm³/mol. The highest BCUT2D eigenvalue weighted by Gasteiger charge is 2.15. The second-order valence-corrected chi connectivity index (χ2v) is 8.61. The van der Waals surface area contributed by atoms with Crippen molar-refractivity contribution in [2.45, 2.75) is 20.0 Å². The fourth-order valence-corrected chi connectivity index (χ4v) is 3.94. The molecule has 0 aliphatic heterocycles. The SMILES string of the molecule is Cc1ccc2cc(Nc3ncnc4cc(Br)cc(O[C@H](C)CN(C)C)c34)ccc2n1. The molecule has 154 valence electrons. The Morgan fingerprint density at radius 2 is 1.90 bits per heavy atom. The normalized spacial score (nSPS) is 12.5. The van der Waals surface area contributed by atoms with Crippen LogP contribution in [0.3, 0.4) is 0 Å². The smallest absolute Gasteiger partial charge is 0.145 e. The van der Waals surface area contributed by atoms with Crippen molar-refractivity contribution < 1.29 is 4.74 Å². The lowest BCUT2D eigenvalue weighted by Gasteiger charge is -2.20. The molecular weight excluding hydrogens is 442 g/mol. The van der Waals surface area contributed by atoms with Crippen molar-refractivity contribution in [3.63, 3.8) is 0 Å². The zero-order valence-electron chi connectivity index (χ0n) is 17.5. The second-order valence-electron chi connectivity index (χ2n) is 7.70. The summed E-state index contributed by atoms with van der Waals surface area (Å²) in [6.45, 7) is 4.86. The highest BCUT2D eigenvalue weighted by atomic mass is 79.9. The number of likely N-dealkylation sites (N-methyl/N-ethyl adjacent to an activating group) is 1. The number of nitrogens with one attached hydrogen (secondary N) is 1. The van der Waals surface area contributed by atoms with Crippen molar-refractivity contribution in [2.75, 3.05) is 26.0 Å². The van der Waals surface area contributed by atoms with E-state index in [1.807, 2.05) is 51.4 Å². The lowest BCUT2D eigenvalue weighted by atomic mass is 10.1. The van der Waals surface area contributed by atoms with Gasteiger partial charge in [-0.3, -0.25) is 4.98 Å². The van der Waals surface area contributed by atoms with Crippen LogP contribution in [0.15, 0.2) is 53.3 Å². The minimum Gasteiger partial charge on any atom is -0.488 e. The number of ether oxygens (including phenoxy) is 1. The Bertz CT molecular complexity index is 1210. The van der Waals surface area contributed by atoms with Crippen LogP contribution in [-0.4, -0.2) is 46.6 Å². The predicted octanol–water partition coefficient (Wildman–Crippen LogP) is 5.32. The van der Waals surface area contributed by atoms with E-state index in [1.54, 1.807) is 6.33 Å². The van der Waals surface area contributed by atoms with Crippen LogP contribution < -0.4 is 10.1 Å². The molecule has 2 aromatic carbocycles. The van der Waals surface area contributed by atoms with Crippen LogP contribution in [0.1, 0.15) is 12.6 Å². The molecule has 0 aliphatic rings. The van der Waals surface area contributed by atoms with Crippen molar-refractivity contribution in [2.24, 2.45) is 0 Å². The van der Waals surface area contributed by atoms with E-state index in [2.05, 4.69) is 60.2 Å². The maximum absolute atomic E-state index is 6.28. The van der Waals surface area contributed by atoms with E-state index in [9.17, 15) is 0 Å². The summed E-state index contributed by atoms with van der Waals surface area (Å²) in [6, 6.07) is 14.1. The average molecular weight is 466 g/mol. The molecule has 0 radical (unpaired) electrons. The Morgan fingerprint density at radius 3 is 2.70 bits per heavy atom. The molecule has 30 heavy (non-hydrogen) atoms. The van der Waals surface area contributed by atoms with Gasteiger partial charge in [0.15, 0.2) is 0 Å². The lowest BCUT2D eigenvalue weighted by molar-refractivity contribution is 0.179. The van der Waals surface area contributed by atoms with Gasteiger partial charge in [-0.15, -0.1) is 0 Å². The molecular formula is C23H24BrN5O. The third-order valence-corrected chi connectivity index (χ3v) is 5.17. The first-order valence-corrected chi connectivity index (χ1v) is 10.6. The summed E-state index contributed by atoms with van der Waals surface area (Å²) in [4.78, 5) is 15.6. The van der Waals surface area contributed by atoms with Gasteiger partial charge in [0.1, 0.15) is 24.0 Å². The number of rotatable bonds is 6. The van der Waals surface area contributed by atoms with Crippen LogP contribution in [0.5, 0.6) is 5.75 Å². The van der Waals surface area contributed by atoms with Crippen LogP contribution in [0.25, 0.3) is 21.8 Å². The zero-order valence-corrected chi connectivity index (χ0v) is 19.1. The molecule has 4 aromatic rings. The zero-order chi connectivity index (χ0) is 21.3. The molecule has 4 rings (SSSR count). The monoisotopic (exact) mass is 465 g/mol. The van der Waals surface area contributed by atoms with Crippen molar-refractivity contribution in [3.05, 3.63) is 59.0 Å². The molecule has 0 bridgehead atoms. The van der Waals surface area contributed by atoms with Crippen molar-refractivity contribution in [3.8, 4) is 5.75 Å². The molecule has 0 unspecified atom stereocenters. The third-order valence-electron chi connectivity index (χ3n) is 4.71. The number of aryl methyl sites for hydroxylation is 1. The van der Waals surface area contributed by atoms with E-state index in [1.165, 1.54) is 0 Å². The van der Waals surface area contributed by atoms with Gasteiger partial charge in [-0.05, 0) is 64.3 Å². The number of halogens is 1. The summed E-state index contributed by atoms with van der Waals surface area (Å²) in [5.74, 6) is 1.45. The number of hydrogen-bond donors (Lipinski definition) is 1. The van der Waals surface area contributed by atoms with Crippen molar-refractivity contribution >= 4 is 49.2 Å². The average Bonchev–Trinajstić information content (AvgIpc) is 2.67. The van der Waals surface area contributed by atoms with E-state index in [-0.39, 0.29) is 6.10 Å². The minimum absolute atomic E-state index is 0.0144. The summed E-state index contributed by atoms with van der Waals surface area (Å²) in [7, 11) is 4.07. The largest absolute Gasteiger partial charge is 0.488 e. The van der Waals surface area contributed by atoms with Crippen LogP contribution in [-0.2, 0) is 0 Å². The highest BCUT2D eigenvalue weighted by molar-refractivity contribution is 9.10. The topological polar surface area (TPSA) is 63.2 Å². The van der Waals surface area contributed by atoms with Gasteiger partial charge in [-0.1, -0.05) is 22.0 Å². The van der Waals surface area contributed by atoms with Gasteiger partial charge < -0.3 is 15.0 Å². The number of fused-ring (bicyclic) bond motifs is 2. The van der Waals surface area contributed by atoms with Crippen LogP contribution in [0.4, 0.5) is 11.5 Å². The van der Waals surface area contributed by atoms with Gasteiger partial charge in [0.05, 0.1) is 16.4 Å². The first kappa shape index (κ1) is 20.5. The summed E-state index contributed by atoms with van der Waals surface area (Å²) in [5, 5.41) is 5.37. The van der Waals surface area contributed by atoms with Gasteiger partial charge in [-0.2, -0.15) is 0 Å². The first-order chi connectivity index (χ1) is 14.4. The summed E-state index contributed by atoms with van der Waals surface area (Å²) >= 11 is 3.57. The van der Waals surface area contributed by atoms with Crippen LogP contribution >= 0.6 is 15.9 Å². The van der Waals surface area contributed by atoms with Gasteiger partial charge in [0.2, 0.25) is 0 Å². The van der Waals surface area contributed by atoms with E-state index in [4.69, 9.17) is 4.74 Å². The van der Waals surface area contributed by atoms with E-state index in [0.717, 1.165) is 50.0 Å². The Labute approximate surface area is 184 Å². The maximum atomic E-state index is 6.28. The van der Waals surface area contributed by atoms with E-state index in [0.29, 0.717) is 5.82 Å². The third kappa shape index (κ3) is 4.52. The van der Waals surface area contributed by atoms with Crippen LogP contribution in [0, 0.1) is 6.92 Å². The molecule has 0 fully saturated rings. The molecule has 2 heterocycles. The fourth-order valence-electron chi connectivity index (χ4n) is 3.52. The molecule has 0 amide bonds.